The molecule has 0 aliphatic carbocycles. The van der Waals surface area contributed by atoms with E-state index in [9.17, 15) is 4.79 Å². The van der Waals surface area contributed by atoms with Crippen molar-refractivity contribution in [3.8, 4) is 0 Å². The van der Waals surface area contributed by atoms with Gasteiger partial charge in [0.2, 0.25) is 0 Å². The largest absolute Gasteiger partial charge is 0.481 e. The van der Waals surface area contributed by atoms with Gasteiger partial charge >= 0.3 is 6.03 Å². The first-order valence-corrected chi connectivity index (χ1v) is 7.73. The summed E-state index contributed by atoms with van der Waals surface area (Å²) in [6.45, 7) is 4.06. The van der Waals surface area contributed by atoms with Crippen LogP contribution >= 0.6 is 0 Å². The molecule has 0 atom stereocenters. The average molecular weight is 288 g/mol. The van der Waals surface area contributed by atoms with Crippen molar-refractivity contribution < 1.29 is 14.7 Å². The minimum absolute atomic E-state index is 0.407. The topological polar surface area (TPSA) is 92.4 Å². The fourth-order valence-electron chi connectivity index (χ4n) is 1.82. The molecule has 0 aromatic carbocycles. The number of carbonyl (C=O) groups excluding carboxylic acids is 1. The van der Waals surface area contributed by atoms with Gasteiger partial charge in [0.25, 0.3) is 5.97 Å². The second-order valence-corrected chi connectivity index (χ2v) is 4.99. The Morgan fingerprint density at radius 3 is 1.60 bits per heavy atom. The van der Waals surface area contributed by atoms with Crippen LogP contribution in [0.2, 0.25) is 0 Å². The number of carboxylic acids is 1. The van der Waals surface area contributed by atoms with E-state index in [1.54, 1.807) is 0 Å². The van der Waals surface area contributed by atoms with Crippen molar-refractivity contribution >= 4 is 12.0 Å². The Morgan fingerprint density at radius 2 is 1.25 bits per heavy atom. The summed E-state index contributed by atoms with van der Waals surface area (Å²) in [5.41, 5.74) is 4.96. The predicted octanol–water partition coefficient (Wildman–Crippen LogP) is 3.67. The average Bonchev–Trinajstić information content (AvgIpc) is 2.35. The molecule has 20 heavy (non-hydrogen) atoms. The minimum Gasteiger partial charge on any atom is -0.481 e. The fourth-order valence-corrected chi connectivity index (χ4v) is 1.82. The smallest absolute Gasteiger partial charge is 0.312 e. The first kappa shape index (κ1) is 21.0. The molecule has 5 heteroatoms. The number of unbranched alkanes of at least 4 members (excludes halogenated alkanes) is 9. The monoisotopic (exact) mass is 288 g/mol. The van der Waals surface area contributed by atoms with Crippen molar-refractivity contribution in [3.05, 3.63) is 0 Å². The molecule has 120 valence electrons. The fraction of sp³-hybridized carbons (Fsp3) is 0.867. The van der Waals surface area contributed by atoms with E-state index in [0.717, 1.165) is 19.9 Å². The van der Waals surface area contributed by atoms with Crippen LogP contribution in [0.15, 0.2) is 0 Å². The number of carbonyl (C=O) groups is 2. The van der Waals surface area contributed by atoms with Crippen molar-refractivity contribution in [2.75, 3.05) is 6.54 Å². The first-order chi connectivity index (χ1) is 9.50. The maximum Gasteiger partial charge on any atom is 0.312 e. The van der Waals surface area contributed by atoms with Crippen LogP contribution in [0.5, 0.6) is 0 Å². The van der Waals surface area contributed by atoms with Gasteiger partial charge in [0.15, 0.2) is 0 Å². The highest BCUT2D eigenvalue weighted by Crippen LogP contribution is 2.10. The highest BCUT2D eigenvalue weighted by molar-refractivity contribution is 5.71. The van der Waals surface area contributed by atoms with Gasteiger partial charge < -0.3 is 16.2 Å². The van der Waals surface area contributed by atoms with Crippen LogP contribution in [0.1, 0.15) is 78.1 Å². The summed E-state index contributed by atoms with van der Waals surface area (Å²) in [5, 5.41) is 10.0. The molecule has 5 nitrogen and oxygen atoms in total. The second-order valence-electron chi connectivity index (χ2n) is 4.99. The van der Waals surface area contributed by atoms with Crippen molar-refractivity contribution in [1.29, 1.82) is 0 Å². The third kappa shape index (κ3) is 30.1. The lowest BCUT2D eigenvalue weighted by molar-refractivity contribution is -0.134. The summed E-state index contributed by atoms with van der Waals surface area (Å²) in [7, 11) is 0. The molecule has 0 rings (SSSR count). The summed E-state index contributed by atoms with van der Waals surface area (Å²) < 4.78 is 0. The normalized spacial score (nSPS) is 9.50. The SMILES string of the molecule is CC(=O)O.CCCCCCCCCCCCNC(N)=O. The van der Waals surface area contributed by atoms with Gasteiger partial charge in [-0.05, 0) is 6.42 Å². The molecule has 0 aliphatic rings. The van der Waals surface area contributed by atoms with E-state index in [-0.39, 0.29) is 0 Å². The van der Waals surface area contributed by atoms with E-state index in [4.69, 9.17) is 15.6 Å². The molecule has 0 unspecified atom stereocenters. The molecule has 0 saturated carbocycles. The third-order valence-corrected chi connectivity index (χ3v) is 2.83. The number of hydrogen-bond donors (Lipinski definition) is 3. The van der Waals surface area contributed by atoms with Crippen LogP contribution in [0, 0.1) is 0 Å². The van der Waals surface area contributed by atoms with Gasteiger partial charge in [-0.3, -0.25) is 4.79 Å². The number of nitrogens with two attached hydrogens (primary N) is 1. The molecule has 0 fully saturated rings. The van der Waals surface area contributed by atoms with Crippen LogP contribution in [0.25, 0.3) is 0 Å². The second kappa shape index (κ2) is 17.7. The van der Waals surface area contributed by atoms with Crippen LogP contribution in [-0.2, 0) is 4.79 Å². The number of aliphatic carboxylic acids is 1. The highest BCUT2D eigenvalue weighted by atomic mass is 16.4. The number of amides is 2. The Bertz CT molecular complexity index is 229. The van der Waals surface area contributed by atoms with Crippen LogP contribution in [0.3, 0.4) is 0 Å². The molecular formula is C15H32N2O3. The zero-order valence-corrected chi connectivity index (χ0v) is 13.1. The van der Waals surface area contributed by atoms with E-state index in [1.807, 2.05) is 0 Å². The molecule has 0 aliphatic heterocycles. The van der Waals surface area contributed by atoms with Crippen molar-refractivity contribution in [2.24, 2.45) is 5.73 Å². The quantitative estimate of drug-likeness (QED) is 0.506. The zero-order valence-electron chi connectivity index (χ0n) is 13.1. The Labute approximate surface area is 123 Å². The molecule has 0 saturated heterocycles. The summed E-state index contributed by atoms with van der Waals surface area (Å²) in [5.74, 6) is -0.833. The Kier molecular flexibility index (Phi) is 18.7. The zero-order chi connectivity index (χ0) is 15.6. The highest BCUT2D eigenvalue weighted by Gasteiger charge is 1.93. The summed E-state index contributed by atoms with van der Waals surface area (Å²) in [6, 6.07) is -0.407. The lowest BCUT2D eigenvalue weighted by Gasteiger charge is -2.02. The molecule has 0 spiro atoms. The summed E-state index contributed by atoms with van der Waals surface area (Å²) in [6.07, 6.45) is 13.2. The molecule has 0 heterocycles. The molecule has 4 N–H and O–H groups in total. The molecule has 0 bridgehead atoms. The third-order valence-electron chi connectivity index (χ3n) is 2.83. The number of urea groups is 1. The van der Waals surface area contributed by atoms with Crippen molar-refractivity contribution in [1.82, 2.24) is 5.32 Å². The first-order valence-electron chi connectivity index (χ1n) is 7.73. The predicted molar refractivity (Wildman–Crippen MR) is 82.7 cm³/mol. The van der Waals surface area contributed by atoms with Gasteiger partial charge in [0, 0.05) is 13.5 Å². The number of carboxylic acid groups (broad SMARTS) is 1. The van der Waals surface area contributed by atoms with Gasteiger partial charge in [0.1, 0.15) is 0 Å². The molecule has 0 aromatic rings. The van der Waals surface area contributed by atoms with Gasteiger partial charge in [-0.15, -0.1) is 0 Å². The molecular weight excluding hydrogens is 256 g/mol. The van der Waals surface area contributed by atoms with Gasteiger partial charge in [-0.25, -0.2) is 4.79 Å². The molecule has 0 radical (unpaired) electrons. The number of nitrogens with one attached hydrogen (secondary N) is 1. The van der Waals surface area contributed by atoms with Crippen LogP contribution in [-0.4, -0.2) is 23.7 Å². The van der Waals surface area contributed by atoms with Crippen molar-refractivity contribution in [3.63, 3.8) is 0 Å². The number of primary amides is 1. The molecule has 2 amide bonds. The van der Waals surface area contributed by atoms with Gasteiger partial charge in [-0.1, -0.05) is 64.7 Å². The van der Waals surface area contributed by atoms with E-state index in [1.165, 1.54) is 57.8 Å². The summed E-state index contributed by atoms with van der Waals surface area (Å²) >= 11 is 0. The Balaban J connectivity index is 0. The molecule has 0 aromatic heterocycles. The van der Waals surface area contributed by atoms with Crippen LogP contribution in [0.4, 0.5) is 4.79 Å². The summed E-state index contributed by atoms with van der Waals surface area (Å²) in [4.78, 5) is 19.4. The van der Waals surface area contributed by atoms with E-state index >= 15 is 0 Å². The van der Waals surface area contributed by atoms with Gasteiger partial charge in [-0.2, -0.15) is 0 Å². The lowest BCUT2D eigenvalue weighted by Crippen LogP contribution is -2.29. The van der Waals surface area contributed by atoms with E-state index in [2.05, 4.69) is 12.2 Å². The number of hydrogen-bond acceptors (Lipinski definition) is 2. The van der Waals surface area contributed by atoms with Crippen LogP contribution < -0.4 is 11.1 Å². The Morgan fingerprint density at radius 1 is 0.900 bits per heavy atom. The van der Waals surface area contributed by atoms with E-state index < -0.39 is 12.0 Å². The lowest BCUT2D eigenvalue weighted by atomic mass is 10.1. The number of rotatable bonds is 11. The van der Waals surface area contributed by atoms with Gasteiger partial charge in [0.05, 0.1) is 0 Å². The minimum atomic E-state index is -0.833. The maximum absolute atomic E-state index is 10.4. The van der Waals surface area contributed by atoms with Crippen molar-refractivity contribution in [2.45, 2.75) is 78.1 Å². The van der Waals surface area contributed by atoms with E-state index in [0.29, 0.717) is 0 Å². The Hall–Kier alpha value is -1.26. The maximum atomic E-state index is 10.4. The standard InChI is InChI=1S/C13H28N2O.C2H4O2/c1-2-3-4-5-6-7-8-9-10-11-12-15-13(14)16;1-2(3)4/h2-12H2,1H3,(H3,14,15,16);1H3,(H,3,4).